The number of imidazole rings is 1. The highest BCUT2D eigenvalue weighted by molar-refractivity contribution is 7.49. The lowest BCUT2D eigenvalue weighted by atomic mass is 10.1. The predicted octanol–water partition coefficient (Wildman–Crippen LogP) is 0.714. The summed E-state index contributed by atoms with van der Waals surface area (Å²) in [5, 5.41) is 16.9. The van der Waals surface area contributed by atoms with Gasteiger partial charge in [0.1, 0.15) is 18.2 Å². The van der Waals surface area contributed by atoms with E-state index < -0.39 is 44.3 Å². The summed E-state index contributed by atoms with van der Waals surface area (Å²) in [7, 11) is -0.972. The van der Waals surface area contributed by atoms with Gasteiger partial charge in [0.05, 0.1) is 30.1 Å². The van der Waals surface area contributed by atoms with Gasteiger partial charge in [-0.2, -0.15) is 4.98 Å². The minimum Gasteiger partial charge on any atom is -0.761 e. The molecular weight excluding hydrogens is 607 g/mol. The minimum absolute atomic E-state index is 0.0278. The second-order valence-electron chi connectivity index (χ2n) is 10.1. The molecule has 1 aliphatic rings. The zero-order valence-electron chi connectivity index (χ0n) is 24.6. The number of rotatable bonds is 10. The van der Waals surface area contributed by atoms with Gasteiger partial charge in [0.15, 0.2) is 12.3 Å². The van der Waals surface area contributed by atoms with Crippen LogP contribution in [0.25, 0.3) is 11.0 Å². The first-order chi connectivity index (χ1) is 21.5. The SMILES string of the molecule is CNc1ccc(CC(=O)OCC#Cc2cn([C@H]3CC(O)[C@@H](COP(=O)([O-])n4ccnc4C)O3)c3nc(N)[nH]c(=O)c23)c(NC)c1. The standard InChI is InChI=1S/C28H33N8O8P/c1-16-32-8-9-36(16)45(40,41)43-15-22-21(37)13-23(44-22)35-14-18(25-26(35)33-28(29)34-27(25)39)5-4-10-42-24(38)11-17-6-7-19(30-2)12-20(17)31-3/h6-9,12,14,21-23,30-31,37H,10-11,13,15H2,1-3H3,(H,40,41)(H3,29,33,34,39)/p-1/t21?,22-,23-/m1/s1. The number of aromatic nitrogens is 5. The third-order valence-corrected chi connectivity index (χ3v) is 8.64. The number of anilines is 3. The Kier molecular flexibility index (Phi) is 9.28. The molecule has 238 valence electrons. The first-order valence-electron chi connectivity index (χ1n) is 13.8. The molecule has 0 aliphatic carbocycles. The monoisotopic (exact) mass is 639 g/mol. The molecule has 4 aromatic rings. The summed E-state index contributed by atoms with van der Waals surface area (Å²) in [6.45, 7) is 0.814. The van der Waals surface area contributed by atoms with Gasteiger partial charge in [0.25, 0.3) is 5.56 Å². The second-order valence-corrected chi connectivity index (χ2v) is 11.8. The highest BCUT2D eigenvalue weighted by atomic mass is 31.2. The van der Waals surface area contributed by atoms with Crippen molar-refractivity contribution in [3.63, 3.8) is 0 Å². The summed E-state index contributed by atoms with van der Waals surface area (Å²) < 4.78 is 31.3. The highest BCUT2D eigenvalue weighted by Gasteiger charge is 2.37. The molecular formula is C28H32N8O8P-. The zero-order valence-corrected chi connectivity index (χ0v) is 25.5. The molecule has 3 aromatic heterocycles. The maximum atomic E-state index is 12.8. The number of aryl methyl sites for hydroxylation is 1. The Morgan fingerprint density at radius 1 is 1.36 bits per heavy atom. The Labute approximate surface area is 257 Å². The molecule has 4 heterocycles. The van der Waals surface area contributed by atoms with E-state index in [9.17, 15) is 24.2 Å². The lowest BCUT2D eigenvalue weighted by molar-refractivity contribution is -0.205. The van der Waals surface area contributed by atoms with Gasteiger partial charge in [-0.1, -0.05) is 17.9 Å². The predicted molar refractivity (Wildman–Crippen MR) is 162 cm³/mol. The number of nitrogens with two attached hydrogens (primary N) is 1. The minimum atomic E-state index is -4.53. The van der Waals surface area contributed by atoms with Crippen molar-refractivity contribution >= 4 is 42.1 Å². The molecule has 2 unspecified atom stereocenters. The number of fused-ring (bicyclic) bond motifs is 1. The number of nitrogen functional groups attached to an aromatic ring is 1. The fraction of sp³-hybridized carbons (Fsp3) is 0.357. The van der Waals surface area contributed by atoms with Crippen LogP contribution in [0.1, 0.15) is 29.6 Å². The van der Waals surface area contributed by atoms with Crippen molar-refractivity contribution in [3.8, 4) is 11.8 Å². The van der Waals surface area contributed by atoms with Crippen LogP contribution in [0.4, 0.5) is 17.3 Å². The van der Waals surface area contributed by atoms with Gasteiger partial charge >= 0.3 is 5.97 Å². The van der Waals surface area contributed by atoms with Crippen LogP contribution in [0.15, 0.2) is 41.6 Å². The van der Waals surface area contributed by atoms with Gasteiger partial charge in [-0.25, -0.2) is 4.98 Å². The molecule has 0 amide bonds. The van der Waals surface area contributed by atoms with E-state index in [2.05, 4.69) is 37.4 Å². The Morgan fingerprint density at radius 2 is 2.16 bits per heavy atom. The number of nitrogens with one attached hydrogen (secondary N) is 3. The summed E-state index contributed by atoms with van der Waals surface area (Å²) in [6, 6.07) is 5.55. The first-order valence-corrected chi connectivity index (χ1v) is 15.3. The maximum absolute atomic E-state index is 12.8. The van der Waals surface area contributed by atoms with Crippen LogP contribution in [0.5, 0.6) is 0 Å². The van der Waals surface area contributed by atoms with E-state index in [0.717, 1.165) is 21.3 Å². The number of benzene rings is 1. The van der Waals surface area contributed by atoms with Crippen molar-refractivity contribution in [3.05, 3.63) is 64.1 Å². The third kappa shape index (κ3) is 6.88. The molecule has 1 fully saturated rings. The Balaban J connectivity index is 1.29. The van der Waals surface area contributed by atoms with Crippen molar-refractivity contribution in [1.29, 1.82) is 0 Å². The second kappa shape index (κ2) is 13.1. The Hall–Kier alpha value is -4.65. The number of esters is 1. The summed E-state index contributed by atoms with van der Waals surface area (Å²) in [5.74, 6) is 5.17. The average molecular weight is 640 g/mol. The van der Waals surface area contributed by atoms with Crippen molar-refractivity contribution in [2.75, 3.05) is 43.7 Å². The Morgan fingerprint density at radius 3 is 2.87 bits per heavy atom. The normalized spacial score (nSPS) is 19.1. The maximum Gasteiger partial charge on any atom is 0.311 e. The number of carbonyl (C=O) groups is 1. The van der Waals surface area contributed by atoms with Crippen LogP contribution in [0, 0.1) is 18.8 Å². The van der Waals surface area contributed by atoms with E-state index in [1.807, 2.05) is 18.2 Å². The van der Waals surface area contributed by atoms with Crippen molar-refractivity contribution in [2.24, 2.45) is 0 Å². The van der Waals surface area contributed by atoms with E-state index in [1.165, 1.54) is 30.1 Å². The van der Waals surface area contributed by atoms with Gasteiger partial charge in [-0.15, -0.1) is 0 Å². The molecule has 1 aromatic carbocycles. The topological polar surface area (TPSA) is 224 Å². The average Bonchev–Trinajstić information content (AvgIpc) is 3.71. The number of H-pyrrole nitrogens is 1. The Bertz CT molecular complexity index is 1890. The van der Waals surface area contributed by atoms with Crippen LogP contribution in [-0.4, -0.2) is 74.4 Å². The molecule has 0 radical (unpaired) electrons. The molecule has 0 bridgehead atoms. The largest absolute Gasteiger partial charge is 0.761 e. The van der Waals surface area contributed by atoms with Crippen LogP contribution in [0.3, 0.4) is 0 Å². The molecule has 17 heteroatoms. The van der Waals surface area contributed by atoms with Crippen molar-refractivity contribution in [1.82, 2.24) is 23.9 Å². The van der Waals surface area contributed by atoms with E-state index in [1.54, 1.807) is 14.1 Å². The van der Waals surface area contributed by atoms with E-state index in [4.69, 9.17) is 19.7 Å². The zero-order chi connectivity index (χ0) is 32.3. The van der Waals surface area contributed by atoms with E-state index >= 15 is 0 Å². The first kappa shape index (κ1) is 31.8. The quantitative estimate of drug-likeness (QED) is 0.0917. The molecule has 0 saturated carbocycles. The molecule has 45 heavy (non-hydrogen) atoms. The number of nitrogens with zero attached hydrogens (tertiary/aromatic N) is 4. The van der Waals surface area contributed by atoms with Gasteiger partial charge < -0.3 is 44.9 Å². The molecule has 5 rings (SSSR count). The molecule has 1 saturated heterocycles. The number of ether oxygens (including phenoxy) is 2. The molecule has 16 nitrogen and oxygen atoms in total. The molecule has 6 N–H and O–H groups in total. The third-order valence-electron chi connectivity index (χ3n) is 7.21. The number of aliphatic hydroxyl groups is 1. The van der Waals surface area contributed by atoms with Crippen LogP contribution < -0.4 is 26.8 Å². The summed E-state index contributed by atoms with van der Waals surface area (Å²) in [6.07, 6.45) is 1.20. The molecule has 1 aliphatic heterocycles. The lowest BCUT2D eigenvalue weighted by Gasteiger charge is -2.27. The van der Waals surface area contributed by atoms with Crippen molar-refractivity contribution in [2.45, 2.75) is 38.2 Å². The van der Waals surface area contributed by atoms with Gasteiger partial charge in [0.2, 0.25) is 13.7 Å². The number of aliphatic hydroxyl groups excluding tert-OH is 1. The molecule has 4 atom stereocenters. The van der Waals surface area contributed by atoms with E-state index in [-0.39, 0.29) is 47.8 Å². The molecule has 0 spiro atoms. The summed E-state index contributed by atoms with van der Waals surface area (Å²) in [5.41, 5.74) is 8.08. The fourth-order valence-electron chi connectivity index (χ4n) is 4.96. The number of carbonyl (C=O) groups excluding carboxylic acids is 1. The van der Waals surface area contributed by atoms with Crippen LogP contribution >= 0.6 is 7.75 Å². The highest BCUT2D eigenvalue weighted by Crippen LogP contribution is 2.41. The van der Waals surface area contributed by atoms with Gasteiger partial charge in [0, 0.05) is 50.5 Å². The van der Waals surface area contributed by atoms with Gasteiger partial charge in [-0.3, -0.25) is 23.5 Å². The summed E-state index contributed by atoms with van der Waals surface area (Å²) >= 11 is 0. The number of aromatic amines is 1. The van der Waals surface area contributed by atoms with Crippen LogP contribution in [-0.2, 0) is 29.8 Å². The smallest absolute Gasteiger partial charge is 0.311 e. The van der Waals surface area contributed by atoms with Crippen LogP contribution in [0.2, 0.25) is 0 Å². The van der Waals surface area contributed by atoms with Gasteiger partial charge in [-0.05, 0) is 24.6 Å². The van der Waals surface area contributed by atoms with Crippen molar-refractivity contribution < 1.29 is 33.4 Å². The summed E-state index contributed by atoms with van der Waals surface area (Å²) in [4.78, 5) is 48.4. The number of hydrogen-bond donors (Lipinski definition) is 5. The van der Waals surface area contributed by atoms with E-state index in [0.29, 0.717) is 0 Å². The lowest BCUT2D eigenvalue weighted by Crippen LogP contribution is -2.28. The number of hydrogen-bond acceptors (Lipinski definition) is 13. The fourth-order valence-corrected chi connectivity index (χ4v) is 6.05.